The zero-order valence-electron chi connectivity index (χ0n) is 16.7. The van der Waals surface area contributed by atoms with Gasteiger partial charge >= 0.3 is 6.03 Å². The topological polar surface area (TPSA) is 84.9 Å². The SMILES string of the molecule is COc1cccc(C=C2C(=O)NC(=O)N(c3ccc(C)cc3)C2=O)c1OC(C)C. The molecule has 0 bridgehead atoms. The third kappa shape index (κ3) is 4.13. The minimum absolute atomic E-state index is 0.148. The van der Waals surface area contributed by atoms with Gasteiger partial charge in [0.15, 0.2) is 11.5 Å². The Kier molecular flexibility index (Phi) is 5.68. The zero-order chi connectivity index (χ0) is 21.1. The summed E-state index contributed by atoms with van der Waals surface area (Å²) in [6.07, 6.45) is 1.26. The van der Waals surface area contributed by atoms with E-state index in [0.29, 0.717) is 22.7 Å². The molecule has 0 spiro atoms. The predicted octanol–water partition coefficient (Wildman–Crippen LogP) is 3.46. The molecule has 1 heterocycles. The first-order valence-electron chi connectivity index (χ1n) is 9.13. The molecule has 3 rings (SSSR count). The molecular weight excluding hydrogens is 372 g/mol. The molecule has 1 saturated heterocycles. The van der Waals surface area contributed by atoms with Crippen LogP contribution in [0.5, 0.6) is 11.5 Å². The van der Waals surface area contributed by atoms with Gasteiger partial charge in [-0.25, -0.2) is 9.69 Å². The van der Waals surface area contributed by atoms with E-state index >= 15 is 0 Å². The quantitative estimate of drug-likeness (QED) is 0.620. The van der Waals surface area contributed by atoms with E-state index in [4.69, 9.17) is 9.47 Å². The molecule has 0 unspecified atom stereocenters. The van der Waals surface area contributed by atoms with Crippen LogP contribution in [0.1, 0.15) is 25.0 Å². The second-order valence-electron chi connectivity index (χ2n) is 6.84. The lowest BCUT2D eigenvalue weighted by Crippen LogP contribution is -2.54. The minimum atomic E-state index is -0.787. The van der Waals surface area contributed by atoms with E-state index < -0.39 is 17.8 Å². The molecule has 1 aliphatic heterocycles. The summed E-state index contributed by atoms with van der Waals surface area (Å²) >= 11 is 0. The molecule has 1 fully saturated rings. The summed E-state index contributed by atoms with van der Waals surface area (Å²) in [5.41, 5.74) is 1.68. The van der Waals surface area contributed by atoms with Crippen LogP contribution in [0.25, 0.3) is 6.08 Å². The Bertz CT molecular complexity index is 993. The van der Waals surface area contributed by atoms with Gasteiger partial charge in [-0.3, -0.25) is 14.9 Å². The Balaban J connectivity index is 2.06. The Morgan fingerprint density at radius 2 is 1.72 bits per heavy atom. The third-order valence-electron chi connectivity index (χ3n) is 4.28. The van der Waals surface area contributed by atoms with Gasteiger partial charge in [-0.1, -0.05) is 29.8 Å². The summed E-state index contributed by atoms with van der Waals surface area (Å²) < 4.78 is 11.2. The maximum atomic E-state index is 13.0. The number of carbonyl (C=O) groups excluding carboxylic acids is 3. The third-order valence-corrected chi connectivity index (χ3v) is 4.28. The lowest BCUT2D eigenvalue weighted by Gasteiger charge is -2.26. The largest absolute Gasteiger partial charge is 0.493 e. The number of nitrogens with one attached hydrogen (secondary N) is 1. The second-order valence-corrected chi connectivity index (χ2v) is 6.84. The summed E-state index contributed by atoms with van der Waals surface area (Å²) in [7, 11) is 1.51. The average molecular weight is 394 g/mol. The highest BCUT2D eigenvalue weighted by atomic mass is 16.5. The second kappa shape index (κ2) is 8.18. The Morgan fingerprint density at radius 1 is 1.03 bits per heavy atom. The summed E-state index contributed by atoms with van der Waals surface area (Å²) in [6, 6.07) is 11.2. The number of benzene rings is 2. The molecule has 0 saturated carbocycles. The number of methoxy groups -OCH3 is 1. The summed E-state index contributed by atoms with van der Waals surface area (Å²) in [5.74, 6) is -0.581. The molecule has 7 heteroatoms. The average Bonchev–Trinajstić information content (AvgIpc) is 2.67. The van der Waals surface area contributed by atoms with Gasteiger partial charge < -0.3 is 9.47 Å². The number of hydrogen-bond acceptors (Lipinski definition) is 5. The van der Waals surface area contributed by atoms with Gasteiger partial charge in [0, 0.05) is 5.56 Å². The van der Waals surface area contributed by atoms with Crippen LogP contribution >= 0.6 is 0 Å². The maximum Gasteiger partial charge on any atom is 0.335 e. The van der Waals surface area contributed by atoms with Crippen molar-refractivity contribution in [2.75, 3.05) is 12.0 Å². The molecule has 7 nitrogen and oxygen atoms in total. The summed E-state index contributed by atoms with van der Waals surface area (Å²) in [6.45, 7) is 5.62. The number of carbonyl (C=O) groups is 3. The number of para-hydroxylation sites is 1. The molecule has 29 heavy (non-hydrogen) atoms. The van der Waals surface area contributed by atoms with Crippen molar-refractivity contribution in [3.05, 3.63) is 59.2 Å². The van der Waals surface area contributed by atoms with Gasteiger partial charge in [-0.15, -0.1) is 0 Å². The lowest BCUT2D eigenvalue weighted by atomic mass is 10.1. The minimum Gasteiger partial charge on any atom is -0.493 e. The van der Waals surface area contributed by atoms with E-state index in [1.54, 1.807) is 42.5 Å². The van der Waals surface area contributed by atoms with Crippen LogP contribution in [-0.4, -0.2) is 31.1 Å². The number of rotatable bonds is 5. The van der Waals surface area contributed by atoms with E-state index in [9.17, 15) is 14.4 Å². The van der Waals surface area contributed by atoms with Crippen molar-refractivity contribution in [3.8, 4) is 11.5 Å². The van der Waals surface area contributed by atoms with Crippen LogP contribution in [0, 0.1) is 6.92 Å². The van der Waals surface area contributed by atoms with Crippen LogP contribution < -0.4 is 19.7 Å². The van der Waals surface area contributed by atoms with Crippen molar-refractivity contribution in [1.29, 1.82) is 0 Å². The van der Waals surface area contributed by atoms with Gasteiger partial charge in [0.1, 0.15) is 5.57 Å². The first kappa shape index (κ1) is 20.1. The molecule has 0 aromatic heterocycles. The molecule has 0 atom stereocenters. The standard InChI is InChI=1S/C22H22N2O5/c1-13(2)29-19-15(6-5-7-18(19)28-4)12-17-20(25)23-22(27)24(21(17)26)16-10-8-14(3)9-11-16/h5-13H,1-4H3,(H,23,25,27). The fourth-order valence-corrected chi connectivity index (χ4v) is 2.91. The number of nitrogens with zero attached hydrogens (tertiary/aromatic N) is 1. The van der Waals surface area contributed by atoms with E-state index in [2.05, 4.69) is 5.32 Å². The monoisotopic (exact) mass is 394 g/mol. The molecule has 150 valence electrons. The first-order chi connectivity index (χ1) is 13.8. The highest BCUT2D eigenvalue weighted by Gasteiger charge is 2.37. The summed E-state index contributed by atoms with van der Waals surface area (Å²) in [5, 5.41) is 2.22. The van der Waals surface area contributed by atoms with Crippen LogP contribution in [0.4, 0.5) is 10.5 Å². The number of amides is 4. The van der Waals surface area contributed by atoms with E-state index in [1.165, 1.54) is 13.2 Å². The van der Waals surface area contributed by atoms with Gasteiger partial charge in [-0.2, -0.15) is 0 Å². The normalized spacial score (nSPS) is 15.7. The number of aryl methyl sites for hydroxylation is 1. The molecule has 0 aliphatic carbocycles. The fraction of sp³-hybridized carbons (Fsp3) is 0.227. The number of urea groups is 1. The molecule has 0 radical (unpaired) electrons. The van der Waals surface area contributed by atoms with Gasteiger partial charge in [-0.05, 0) is 45.0 Å². The van der Waals surface area contributed by atoms with Crippen molar-refractivity contribution in [1.82, 2.24) is 5.32 Å². The smallest absolute Gasteiger partial charge is 0.335 e. The van der Waals surface area contributed by atoms with Crippen molar-refractivity contribution in [2.24, 2.45) is 0 Å². The fourth-order valence-electron chi connectivity index (χ4n) is 2.91. The predicted molar refractivity (Wildman–Crippen MR) is 109 cm³/mol. The number of barbiturate groups is 1. The van der Waals surface area contributed by atoms with Crippen LogP contribution in [0.2, 0.25) is 0 Å². The van der Waals surface area contributed by atoms with Gasteiger partial charge in [0.25, 0.3) is 11.8 Å². The van der Waals surface area contributed by atoms with Crippen molar-refractivity contribution < 1.29 is 23.9 Å². The van der Waals surface area contributed by atoms with Crippen molar-refractivity contribution >= 4 is 29.6 Å². The maximum absolute atomic E-state index is 13.0. The van der Waals surface area contributed by atoms with Crippen LogP contribution in [-0.2, 0) is 9.59 Å². The lowest BCUT2D eigenvalue weighted by molar-refractivity contribution is -0.122. The van der Waals surface area contributed by atoms with Crippen LogP contribution in [0.3, 0.4) is 0 Å². The molecule has 4 amide bonds. The Labute approximate surface area is 168 Å². The van der Waals surface area contributed by atoms with Gasteiger partial charge in [0.05, 0.1) is 18.9 Å². The summed E-state index contributed by atoms with van der Waals surface area (Å²) in [4.78, 5) is 38.7. The highest BCUT2D eigenvalue weighted by molar-refractivity contribution is 6.39. The van der Waals surface area contributed by atoms with Crippen LogP contribution in [0.15, 0.2) is 48.0 Å². The molecular formula is C22H22N2O5. The highest BCUT2D eigenvalue weighted by Crippen LogP contribution is 2.34. The molecule has 2 aromatic carbocycles. The number of imide groups is 2. The number of anilines is 1. The zero-order valence-corrected chi connectivity index (χ0v) is 16.7. The first-order valence-corrected chi connectivity index (χ1v) is 9.13. The Hall–Kier alpha value is -3.61. The van der Waals surface area contributed by atoms with Gasteiger partial charge in [0.2, 0.25) is 0 Å². The molecule has 1 aliphatic rings. The number of hydrogen-bond donors (Lipinski definition) is 1. The van der Waals surface area contributed by atoms with E-state index in [-0.39, 0.29) is 11.7 Å². The Morgan fingerprint density at radius 3 is 2.34 bits per heavy atom. The van der Waals surface area contributed by atoms with E-state index in [1.807, 2.05) is 20.8 Å². The van der Waals surface area contributed by atoms with E-state index in [0.717, 1.165) is 10.5 Å². The van der Waals surface area contributed by atoms with Crippen molar-refractivity contribution in [2.45, 2.75) is 26.9 Å². The number of ether oxygens (including phenoxy) is 2. The molecule has 1 N–H and O–H groups in total. The van der Waals surface area contributed by atoms with Crippen molar-refractivity contribution in [3.63, 3.8) is 0 Å². The molecule has 2 aromatic rings.